The van der Waals surface area contributed by atoms with E-state index in [9.17, 15) is 4.79 Å². The Kier molecular flexibility index (Phi) is 4.51. The lowest BCUT2D eigenvalue weighted by Crippen LogP contribution is -1.90. The fourth-order valence-electron chi connectivity index (χ4n) is 0.576. The summed E-state index contributed by atoms with van der Waals surface area (Å²) >= 11 is 0. The van der Waals surface area contributed by atoms with Gasteiger partial charge < -0.3 is 0 Å². The predicted molar refractivity (Wildman–Crippen MR) is 48.4 cm³/mol. The maximum atomic E-state index is 10.2. The van der Waals surface area contributed by atoms with Crippen LogP contribution in [0.2, 0.25) is 0 Å². The molecule has 0 saturated heterocycles. The lowest BCUT2D eigenvalue weighted by atomic mass is 10.0. The summed E-state index contributed by atoms with van der Waals surface area (Å²) in [6.45, 7) is 9.91. The van der Waals surface area contributed by atoms with Crippen LogP contribution in [0.1, 0.15) is 27.2 Å². The van der Waals surface area contributed by atoms with Gasteiger partial charge in [-0.3, -0.25) is 4.79 Å². The van der Waals surface area contributed by atoms with Crippen molar-refractivity contribution in [2.24, 2.45) is 5.92 Å². The average molecular weight is 152 g/mol. The summed E-state index contributed by atoms with van der Waals surface area (Å²) in [7, 11) is 0. The van der Waals surface area contributed by atoms with E-state index in [4.69, 9.17) is 0 Å². The molecule has 0 fully saturated rings. The van der Waals surface area contributed by atoms with E-state index in [0.717, 1.165) is 18.3 Å². The molecule has 0 N–H and O–H groups in total. The van der Waals surface area contributed by atoms with Crippen molar-refractivity contribution in [3.63, 3.8) is 0 Å². The van der Waals surface area contributed by atoms with Crippen molar-refractivity contribution in [2.75, 3.05) is 0 Å². The van der Waals surface area contributed by atoms with Crippen molar-refractivity contribution in [2.45, 2.75) is 27.2 Å². The molecule has 0 aliphatic heterocycles. The van der Waals surface area contributed by atoms with Gasteiger partial charge >= 0.3 is 0 Å². The number of allylic oxidation sites excluding steroid dienone is 3. The fraction of sp³-hybridized carbons (Fsp3) is 0.500. The highest BCUT2D eigenvalue weighted by Crippen LogP contribution is 2.12. The molecule has 0 heterocycles. The lowest BCUT2D eigenvalue weighted by Gasteiger charge is -2.05. The fourth-order valence-corrected chi connectivity index (χ4v) is 0.576. The summed E-state index contributed by atoms with van der Waals surface area (Å²) in [4.78, 5) is 10.2. The van der Waals surface area contributed by atoms with Crippen LogP contribution >= 0.6 is 0 Å². The Morgan fingerprint density at radius 3 is 2.45 bits per heavy atom. The van der Waals surface area contributed by atoms with Crippen LogP contribution < -0.4 is 0 Å². The van der Waals surface area contributed by atoms with E-state index in [2.05, 4.69) is 20.4 Å². The van der Waals surface area contributed by atoms with E-state index in [1.165, 1.54) is 5.57 Å². The number of carbonyl (C=O) groups is 1. The highest BCUT2D eigenvalue weighted by atomic mass is 16.1. The van der Waals surface area contributed by atoms with Gasteiger partial charge in [-0.2, -0.15) is 0 Å². The average Bonchev–Trinajstić information content (AvgIpc) is 1.99. The molecule has 0 aromatic carbocycles. The smallest absolute Gasteiger partial charge is 0.145 e. The minimum absolute atomic E-state index is 0.505. The molecule has 11 heavy (non-hydrogen) atoms. The van der Waals surface area contributed by atoms with Crippen LogP contribution in [0.15, 0.2) is 23.8 Å². The van der Waals surface area contributed by atoms with Crippen LogP contribution in [0.5, 0.6) is 0 Å². The van der Waals surface area contributed by atoms with E-state index >= 15 is 0 Å². The second-order valence-electron chi connectivity index (χ2n) is 3.08. The number of carbonyl (C=O) groups excluding carboxylic acids is 1. The Labute approximate surface area is 68.8 Å². The van der Waals surface area contributed by atoms with Crippen LogP contribution in [0, 0.1) is 5.92 Å². The van der Waals surface area contributed by atoms with Crippen molar-refractivity contribution >= 4 is 6.29 Å². The lowest BCUT2D eigenvalue weighted by molar-refractivity contribution is -0.104. The van der Waals surface area contributed by atoms with Gasteiger partial charge in [-0.15, -0.1) is 0 Å². The molecule has 0 aromatic heterocycles. The minimum atomic E-state index is 0.505. The Hall–Kier alpha value is -0.850. The third-order valence-electron chi connectivity index (χ3n) is 1.69. The van der Waals surface area contributed by atoms with Gasteiger partial charge in [0.15, 0.2) is 0 Å². The molecule has 1 heteroatoms. The summed E-state index contributed by atoms with van der Waals surface area (Å²) < 4.78 is 0. The van der Waals surface area contributed by atoms with Gasteiger partial charge in [0.05, 0.1) is 0 Å². The summed E-state index contributed by atoms with van der Waals surface area (Å²) in [5, 5.41) is 0. The number of rotatable bonds is 4. The van der Waals surface area contributed by atoms with E-state index < -0.39 is 0 Å². The van der Waals surface area contributed by atoms with Crippen molar-refractivity contribution in [1.29, 1.82) is 0 Å². The van der Waals surface area contributed by atoms with Crippen molar-refractivity contribution < 1.29 is 4.79 Å². The molecule has 0 saturated carbocycles. The Balaban J connectivity index is 3.88. The molecule has 0 aliphatic carbocycles. The van der Waals surface area contributed by atoms with Crippen molar-refractivity contribution in [1.82, 2.24) is 0 Å². The van der Waals surface area contributed by atoms with Crippen molar-refractivity contribution in [3.05, 3.63) is 23.8 Å². The SMILES string of the molecule is C=C(C/C=C(/C)C=O)C(C)C. The van der Waals surface area contributed by atoms with Crippen LogP contribution in [-0.2, 0) is 4.79 Å². The second kappa shape index (κ2) is 4.89. The van der Waals surface area contributed by atoms with Crippen LogP contribution in [0.25, 0.3) is 0 Å². The van der Waals surface area contributed by atoms with Gasteiger partial charge in [0.2, 0.25) is 0 Å². The van der Waals surface area contributed by atoms with E-state index in [0.29, 0.717) is 5.92 Å². The molecular weight excluding hydrogens is 136 g/mol. The molecule has 62 valence electrons. The van der Waals surface area contributed by atoms with Crippen LogP contribution in [0.4, 0.5) is 0 Å². The Morgan fingerprint density at radius 1 is 1.55 bits per heavy atom. The first-order valence-corrected chi connectivity index (χ1v) is 3.87. The third kappa shape index (κ3) is 4.54. The van der Waals surface area contributed by atoms with Gasteiger partial charge in [0.1, 0.15) is 6.29 Å². The molecular formula is C10H16O. The van der Waals surface area contributed by atoms with Gasteiger partial charge in [-0.05, 0) is 24.8 Å². The van der Waals surface area contributed by atoms with Crippen LogP contribution in [0.3, 0.4) is 0 Å². The van der Waals surface area contributed by atoms with Gasteiger partial charge in [0, 0.05) is 0 Å². The highest BCUT2D eigenvalue weighted by molar-refractivity contribution is 5.72. The monoisotopic (exact) mass is 152 g/mol. The first-order chi connectivity index (χ1) is 5.07. The molecule has 0 spiro atoms. The molecule has 1 nitrogen and oxygen atoms in total. The Bertz CT molecular complexity index is 175. The molecule has 0 atom stereocenters. The van der Waals surface area contributed by atoms with E-state index in [1.54, 1.807) is 6.92 Å². The Morgan fingerprint density at radius 2 is 2.09 bits per heavy atom. The zero-order valence-electron chi connectivity index (χ0n) is 7.55. The number of hydrogen-bond donors (Lipinski definition) is 0. The summed E-state index contributed by atoms with van der Waals surface area (Å²) in [6, 6.07) is 0. The van der Waals surface area contributed by atoms with Crippen LogP contribution in [-0.4, -0.2) is 6.29 Å². The predicted octanol–water partition coefficient (Wildman–Crippen LogP) is 2.73. The molecule has 0 aromatic rings. The first kappa shape index (κ1) is 10.2. The number of hydrogen-bond acceptors (Lipinski definition) is 1. The summed E-state index contributed by atoms with van der Waals surface area (Å²) in [6.07, 6.45) is 3.60. The maximum absolute atomic E-state index is 10.2. The molecule has 0 unspecified atom stereocenters. The molecule has 0 rings (SSSR count). The molecule has 0 bridgehead atoms. The summed E-state index contributed by atoms with van der Waals surface area (Å²) in [5.74, 6) is 0.505. The number of aldehydes is 1. The zero-order valence-corrected chi connectivity index (χ0v) is 7.55. The van der Waals surface area contributed by atoms with Gasteiger partial charge in [0.25, 0.3) is 0 Å². The van der Waals surface area contributed by atoms with E-state index in [-0.39, 0.29) is 0 Å². The topological polar surface area (TPSA) is 17.1 Å². The summed E-state index contributed by atoms with van der Waals surface area (Å²) in [5.41, 5.74) is 1.96. The normalized spacial score (nSPS) is 11.8. The zero-order chi connectivity index (χ0) is 8.85. The largest absolute Gasteiger partial charge is 0.298 e. The minimum Gasteiger partial charge on any atom is -0.298 e. The van der Waals surface area contributed by atoms with Gasteiger partial charge in [-0.1, -0.05) is 32.1 Å². The molecule has 0 amide bonds. The third-order valence-corrected chi connectivity index (χ3v) is 1.69. The quantitative estimate of drug-likeness (QED) is 0.344. The maximum Gasteiger partial charge on any atom is 0.145 e. The second-order valence-corrected chi connectivity index (χ2v) is 3.08. The highest BCUT2D eigenvalue weighted by Gasteiger charge is 1.96. The van der Waals surface area contributed by atoms with Crippen molar-refractivity contribution in [3.8, 4) is 0 Å². The standard InChI is InChI=1S/C10H16O/c1-8(2)10(4)6-5-9(3)7-11/h5,7-8H,4,6H2,1-3H3/b9-5-. The van der Waals surface area contributed by atoms with Gasteiger partial charge in [-0.25, -0.2) is 0 Å². The van der Waals surface area contributed by atoms with E-state index in [1.807, 2.05) is 6.08 Å². The molecule has 0 aliphatic rings. The molecule has 0 radical (unpaired) electrons. The first-order valence-electron chi connectivity index (χ1n) is 3.87.